The van der Waals surface area contributed by atoms with Crippen molar-refractivity contribution in [3.8, 4) is 5.75 Å². The maximum absolute atomic E-state index is 13.2. The lowest BCUT2D eigenvalue weighted by molar-refractivity contribution is -0.137. The first-order valence-corrected chi connectivity index (χ1v) is 10.1. The standard InChI is InChI=1S/C17H15Cl2F3N2O4S/c1-28-14-5-3-2-4-13(14)24(9-16(25)23-10-17(20,21)22)29(26,27)15-8-11(18)6-7-12(15)19/h2-8H,9-10H2,1H3,(H,23,25). The quantitative estimate of drug-likeness (QED) is 0.666. The van der Waals surface area contributed by atoms with Gasteiger partial charge in [0.2, 0.25) is 5.91 Å². The van der Waals surface area contributed by atoms with Crippen LogP contribution in [0, 0.1) is 0 Å². The van der Waals surface area contributed by atoms with Crippen molar-refractivity contribution in [1.29, 1.82) is 0 Å². The fourth-order valence-electron chi connectivity index (χ4n) is 2.31. The van der Waals surface area contributed by atoms with Crippen LogP contribution in [0.1, 0.15) is 0 Å². The first-order chi connectivity index (χ1) is 13.5. The Morgan fingerprint density at radius 1 is 1.17 bits per heavy atom. The number of benzene rings is 2. The van der Waals surface area contributed by atoms with E-state index < -0.39 is 40.1 Å². The molecule has 0 aliphatic rings. The Bertz CT molecular complexity index is 1000. The van der Waals surface area contributed by atoms with E-state index in [9.17, 15) is 26.4 Å². The maximum Gasteiger partial charge on any atom is 0.405 e. The lowest BCUT2D eigenvalue weighted by Gasteiger charge is -2.26. The van der Waals surface area contributed by atoms with Gasteiger partial charge in [-0.1, -0.05) is 35.3 Å². The SMILES string of the molecule is COc1ccccc1N(CC(=O)NCC(F)(F)F)S(=O)(=O)c1cc(Cl)ccc1Cl. The minimum absolute atomic E-state index is 0.0619. The summed E-state index contributed by atoms with van der Waals surface area (Å²) in [5, 5.41) is 1.53. The van der Waals surface area contributed by atoms with Gasteiger partial charge in [-0.15, -0.1) is 0 Å². The van der Waals surface area contributed by atoms with Crippen LogP contribution in [0.5, 0.6) is 5.75 Å². The van der Waals surface area contributed by atoms with Gasteiger partial charge in [-0.2, -0.15) is 13.2 Å². The summed E-state index contributed by atoms with van der Waals surface area (Å²) in [6.45, 7) is -2.55. The van der Waals surface area contributed by atoms with Crippen LogP contribution in [0.3, 0.4) is 0 Å². The second-order valence-corrected chi connectivity index (χ2v) is 8.32. The Balaban J connectivity index is 2.52. The third kappa shape index (κ3) is 5.91. The van der Waals surface area contributed by atoms with E-state index in [0.717, 1.165) is 6.07 Å². The Morgan fingerprint density at radius 2 is 1.83 bits per heavy atom. The van der Waals surface area contributed by atoms with Gasteiger partial charge in [0.05, 0.1) is 17.8 Å². The lowest BCUT2D eigenvalue weighted by Crippen LogP contribution is -2.43. The number of alkyl halides is 3. The smallest absolute Gasteiger partial charge is 0.405 e. The number of carbonyl (C=O) groups is 1. The maximum atomic E-state index is 13.2. The average Bonchev–Trinajstić information content (AvgIpc) is 2.65. The van der Waals surface area contributed by atoms with Gasteiger partial charge in [-0.05, 0) is 30.3 Å². The first kappa shape index (κ1) is 23.1. The molecule has 158 valence electrons. The Morgan fingerprint density at radius 3 is 2.45 bits per heavy atom. The van der Waals surface area contributed by atoms with Crippen LogP contribution >= 0.6 is 23.2 Å². The van der Waals surface area contributed by atoms with Crippen molar-refractivity contribution < 1.29 is 31.1 Å². The fraction of sp³-hybridized carbons (Fsp3) is 0.235. The number of carbonyl (C=O) groups excluding carboxylic acids is 1. The number of rotatable bonds is 7. The predicted octanol–water partition coefficient (Wildman–Crippen LogP) is 3.88. The summed E-state index contributed by atoms with van der Waals surface area (Å²) >= 11 is 11.9. The van der Waals surface area contributed by atoms with E-state index in [1.165, 1.54) is 37.4 Å². The summed E-state index contributed by atoms with van der Waals surface area (Å²) < 4.78 is 69.4. The average molecular weight is 471 g/mol. The highest BCUT2D eigenvalue weighted by Gasteiger charge is 2.33. The molecule has 0 radical (unpaired) electrons. The number of ether oxygens (including phenoxy) is 1. The molecule has 0 atom stereocenters. The van der Waals surface area contributed by atoms with Crippen molar-refractivity contribution in [2.24, 2.45) is 0 Å². The van der Waals surface area contributed by atoms with E-state index in [-0.39, 0.29) is 21.5 Å². The molecule has 0 heterocycles. The molecule has 0 saturated heterocycles. The largest absolute Gasteiger partial charge is 0.495 e. The number of para-hydroxylation sites is 2. The molecule has 0 aromatic heterocycles. The van der Waals surface area contributed by atoms with Crippen LogP contribution in [-0.2, 0) is 14.8 Å². The van der Waals surface area contributed by atoms with Gasteiger partial charge in [0, 0.05) is 5.02 Å². The van der Waals surface area contributed by atoms with Gasteiger partial charge < -0.3 is 10.1 Å². The zero-order valence-corrected chi connectivity index (χ0v) is 17.2. The third-order valence-electron chi connectivity index (χ3n) is 3.59. The van der Waals surface area contributed by atoms with E-state index in [2.05, 4.69) is 0 Å². The number of nitrogens with one attached hydrogen (secondary N) is 1. The van der Waals surface area contributed by atoms with Crippen LogP contribution in [0.2, 0.25) is 10.0 Å². The number of sulfonamides is 1. The van der Waals surface area contributed by atoms with E-state index in [4.69, 9.17) is 27.9 Å². The normalized spacial score (nSPS) is 11.8. The molecule has 0 saturated carbocycles. The van der Waals surface area contributed by atoms with Gasteiger partial charge in [-0.3, -0.25) is 9.10 Å². The second kappa shape index (κ2) is 9.10. The van der Waals surface area contributed by atoms with Crippen molar-refractivity contribution in [2.45, 2.75) is 11.1 Å². The molecule has 0 aliphatic heterocycles. The molecule has 0 aliphatic carbocycles. The minimum atomic E-state index is -4.65. The first-order valence-electron chi connectivity index (χ1n) is 7.90. The highest BCUT2D eigenvalue weighted by Crippen LogP contribution is 2.35. The summed E-state index contributed by atoms with van der Waals surface area (Å²) in [7, 11) is -3.22. The van der Waals surface area contributed by atoms with E-state index in [1.54, 1.807) is 11.4 Å². The molecule has 29 heavy (non-hydrogen) atoms. The Labute approximate surface area is 175 Å². The van der Waals surface area contributed by atoms with Gasteiger partial charge in [0.25, 0.3) is 10.0 Å². The zero-order valence-electron chi connectivity index (χ0n) is 14.8. The molecule has 0 bridgehead atoms. The molecule has 0 spiro atoms. The van der Waals surface area contributed by atoms with Crippen molar-refractivity contribution in [3.63, 3.8) is 0 Å². The fourth-order valence-corrected chi connectivity index (χ4v) is 4.49. The highest BCUT2D eigenvalue weighted by molar-refractivity contribution is 7.93. The molecular weight excluding hydrogens is 456 g/mol. The van der Waals surface area contributed by atoms with Gasteiger partial charge in [0.1, 0.15) is 23.7 Å². The number of hydrogen-bond acceptors (Lipinski definition) is 4. The number of halogens is 5. The predicted molar refractivity (Wildman–Crippen MR) is 103 cm³/mol. The second-order valence-electron chi connectivity index (χ2n) is 5.65. The van der Waals surface area contributed by atoms with E-state index in [0.29, 0.717) is 4.31 Å². The molecule has 2 aromatic rings. The van der Waals surface area contributed by atoms with Gasteiger partial charge in [-0.25, -0.2) is 8.42 Å². The number of amides is 1. The van der Waals surface area contributed by atoms with E-state index >= 15 is 0 Å². The molecule has 1 amide bonds. The molecule has 12 heteroatoms. The molecule has 2 rings (SSSR count). The summed E-state index contributed by atoms with van der Waals surface area (Å²) in [6.07, 6.45) is -4.65. The van der Waals surface area contributed by atoms with Gasteiger partial charge >= 0.3 is 6.18 Å². The topological polar surface area (TPSA) is 75.7 Å². The molecule has 0 fully saturated rings. The lowest BCUT2D eigenvalue weighted by atomic mass is 10.3. The van der Waals surface area contributed by atoms with Crippen LogP contribution in [0.25, 0.3) is 0 Å². The molecule has 6 nitrogen and oxygen atoms in total. The van der Waals surface area contributed by atoms with Crippen LogP contribution in [-0.4, -0.2) is 40.7 Å². The number of anilines is 1. The Kier molecular flexibility index (Phi) is 7.25. The van der Waals surface area contributed by atoms with Crippen LogP contribution in [0.15, 0.2) is 47.4 Å². The van der Waals surface area contributed by atoms with Crippen molar-refractivity contribution in [2.75, 3.05) is 24.5 Å². The van der Waals surface area contributed by atoms with Gasteiger partial charge in [0.15, 0.2) is 0 Å². The molecular formula is C17H15Cl2F3N2O4S. The third-order valence-corrected chi connectivity index (χ3v) is 6.06. The summed E-state index contributed by atoms with van der Waals surface area (Å²) in [6, 6.07) is 9.51. The summed E-state index contributed by atoms with van der Waals surface area (Å²) in [5.74, 6) is -1.09. The van der Waals surface area contributed by atoms with Crippen LogP contribution in [0.4, 0.5) is 18.9 Å². The van der Waals surface area contributed by atoms with Crippen molar-refractivity contribution >= 4 is 44.8 Å². The number of hydrogen-bond donors (Lipinski definition) is 1. The highest BCUT2D eigenvalue weighted by atomic mass is 35.5. The monoisotopic (exact) mass is 470 g/mol. The zero-order chi connectivity index (χ0) is 21.8. The molecule has 0 unspecified atom stereocenters. The summed E-state index contributed by atoms with van der Waals surface area (Å²) in [5.41, 5.74) is -0.0619. The van der Waals surface area contributed by atoms with Crippen molar-refractivity contribution in [3.05, 3.63) is 52.5 Å². The number of methoxy groups -OCH3 is 1. The minimum Gasteiger partial charge on any atom is -0.495 e. The van der Waals surface area contributed by atoms with E-state index in [1.807, 2.05) is 0 Å². The van der Waals surface area contributed by atoms with Crippen LogP contribution < -0.4 is 14.4 Å². The summed E-state index contributed by atoms with van der Waals surface area (Å²) in [4.78, 5) is 11.7. The molecule has 1 N–H and O–H groups in total. The van der Waals surface area contributed by atoms with Crippen molar-refractivity contribution in [1.82, 2.24) is 5.32 Å². The number of nitrogens with zero attached hydrogens (tertiary/aromatic N) is 1. The Hall–Kier alpha value is -2.17. The molecule has 2 aromatic carbocycles.